The van der Waals surface area contributed by atoms with E-state index in [9.17, 15) is 9.90 Å². The minimum atomic E-state index is 0.255. The van der Waals surface area contributed by atoms with Crippen LogP contribution < -0.4 is 5.32 Å². The van der Waals surface area contributed by atoms with Crippen molar-refractivity contribution in [2.75, 3.05) is 19.6 Å². The fourth-order valence-electron chi connectivity index (χ4n) is 4.27. The van der Waals surface area contributed by atoms with Gasteiger partial charge in [-0.25, -0.2) is 0 Å². The minimum absolute atomic E-state index is 0.255. The predicted octanol–water partition coefficient (Wildman–Crippen LogP) is 3.71. The Bertz CT molecular complexity index is 767. The first-order valence-corrected chi connectivity index (χ1v) is 10.5. The fraction of sp³-hybridized carbons (Fsp3) is 0.458. The molecule has 4 rings (SSSR count). The molecule has 2 aromatic carbocycles. The van der Waals surface area contributed by atoms with Crippen LogP contribution in [0.4, 0.5) is 0 Å². The summed E-state index contributed by atoms with van der Waals surface area (Å²) in [6.45, 7) is 2.84. The molecule has 2 atom stereocenters. The van der Waals surface area contributed by atoms with E-state index in [1.54, 1.807) is 12.1 Å². The normalized spacial score (nSPS) is 22.2. The number of hydrogen-bond donors (Lipinski definition) is 2. The van der Waals surface area contributed by atoms with Crippen molar-refractivity contribution in [3.8, 4) is 5.75 Å². The molecule has 1 aliphatic heterocycles. The summed E-state index contributed by atoms with van der Waals surface area (Å²) >= 11 is 0. The van der Waals surface area contributed by atoms with Crippen molar-refractivity contribution in [3.05, 3.63) is 65.7 Å². The SMILES string of the molecule is O=C(CCc1ccc(O)cc1)N1CCC(CNC2CC2c2ccccc2)CC1. The van der Waals surface area contributed by atoms with Crippen LogP contribution in [0, 0.1) is 5.92 Å². The molecule has 4 heteroatoms. The first-order valence-electron chi connectivity index (χ1n) is 10.5. The molecular weight excluding hydrogens is 348 g/mol. The molecule has 2 aromatic rings. The van der Waals surface area contributed by atoms with Crippen LogP contribution in [0.15, 0.2) is 54.6 Å². The third-order valence-corrected chi connectivity index (χ3v) is 6.22. The van der Waals surface area contributed by atoms with Gasteiger partial charge in [0.1, 0.15) is 5.75 Å². The Balaban J connectivity index is 1.14. The zero-order chi connectivity index (χ0) is 19.3. The van der Waals surface area contributed by atoms with Gasteiger partial charge >= 0.3 is 0 Å². The van der Waals surface area contributed by atoms with Crippen LogP contribution in [-0.4, -0.2) is 41.6 Å². The molecule has 4 nitrogen and oxygen atoms in total. The van der Waals surface area contributed by atoms with Gasteiger partial charge in [-0.15, -0.1) is 0 Å². The van der Waals surface area contributed by atoms with E-state index in [0.29, 0.717) is 24.3 Å². The number of aryl methyl sites for hydroxylation is 1. The van der Waals surface area contributed by atoms with Gasteiger partial charge in [-0.1, -0.05) is 42.5 Å². The Labute approximate surface area is 167 Å². The number of phenolic OH excluding ortho intramolecular Hbond substituents is 1. The molecule has 28 heavy (non-hydrogen) atoms. The lowest BCUT2D eigenvalue weighted by Gasteiger charge is -2.32. The van der Waals surface area contributed by atoms with Crippen molar-refractivity contribution in [2.24, 2.45) is 5.92 Å². The molecule has 0 bridgehead atoms. The van der Waals surface area contributed by atoms with Crippen LogP contribution >= 0.6 is 0 Å². The Kier molecular flexibility index (Phi) is 5.96. The van der Waals surface area contributed by atoms with Crippen molar-refractivity contribution < 1.29 is 9.90 Å². The van der Waals surface area contributed by atoms with Crippen molar-refractivity contribution in [2.45, 2.75) is 44.1 Å². The second kappa shape index (κ2) is 8.78. The van der Waals surface area contributed by atoms with E-state index in [4.69, 9.17) is 0 Å². The van der Waals surface area contributed by atoms with Crippen LogP contribution in [-0.2, 0) is 11.2 Å². The number of carbonyl (C=O) groups is 1. The predicted molar refractivity (Wildman–Crippen MR) is 111 cm³/mol. The van der Waals surface area contributed by atoms with Gasteiger partial charge in [0.05, 0.1) is 0 Å². The number of aromatic hydroxyl groups is 1. The van der Waals surface area contributed by atoms with Crippen molar-refractivity contribution in [3.63, 3.8) is 0 Å². The zero-order valence-electron chi connectivity index (χ0n) is 16.4. The highest BCUT2D eigenvalue weighted by Gasteiger charge is 2.38. The first kappa shape index (κ1) is 19.0. The molecular formula is C24H30N2O2. The molecule has 0 spiro atoms. The molecule has 1 saturated heterocycles. The van der Waals surface area contributed by atoms with E-state index < -0.39 is 0 Å². The largest absolute Gasteiger partial charge is 0.508 e. The summed E-state index contributed by atoms with van der Waals surface area (Å²) in [5.41, 5.74) is 2.55. The summed E-state index contributed by atoms with van der Waals surface area (Å²) in [7, 11) is 0. The number of piperidine rings is 1. The van der Waals surface area contributed by atoms with E-state index in [0.717, 1.165) is 44.5 Å². The smallest absolute Gasteiger partial charge is 0.222 e. The summed E-state index contributed by atoms with van der Waals surface area (Å²) in [5, 5.41) is 13.1. The Morgan fingerprint density at radius 2 is 1.75 bits per heavy atom. The number of phenols is 1. The van der Waals surface area contributed by atoms with Crippen molar-refractivity contribution in [1.29, 1.82) is 0 Å². The van der Waals surface area contributed by atoms with Gasteiger partial charge in [0.15, 0.2) is 0 Å². The average Bonchev–Trinajstić information content (AvgIpc) is 3.52. The summed E-state index contributed by atoms with van der Waals surface area (Å²) in [6, 6.07) is 18.6. The lowest BCUT2D eigenvalue weighted by atomic mass is 9.96. The molecule has 2 unspecified atom stereocenters. The summed E-state index contributed by atoms with van der Waals surface area (Å²) in [6.07, 6.45) is 4.73. The van der Waals surface area contributed by atoms with Crippen LogP contribution in [0.2, 0.25) is 0 Å². The molecule has 1 saturated carbocycles. The van der Waals surface area contributed by atoms with Gasteiger partial charge in [-0.2, -0.15) is 0 Å². The summed E-state index contributed by atoms with van der Waals surface area (Å²) in [4.78, 5) is 14.5. The monoisotopic (exact) mass is 378 g/mol. The van der Waals surface area contributed by atoms with Gasteiger partial charge in [-0.05, 0) is 61.4 Å². The summed E-state index contributed by atoms with van der Waals surface area (Å²) < 4.78 is 0. The van der Waals surface area contributed by atoms with E-state index in [1.807, 2.05) is 17.0 Å². The van der Waals surface area contributed by atoms with E-state index in [2.05, 4.69) is 35.6 Å². The zero-order valence-corrected chi connectivity index (χ0v) is 16.4. The van der Waals surface area contributed by atoms with Gasteiger partial charge in [-0.3, -0.25) is 4.79 Å². The fourth-order valence-corrected chi connectivity index (χ4v) is 4.27. The molecule has 1 amide bonds. The molecule has 1 heterocycles. The van der Waals surface area contributed by atoms with Crippen molar-refractivity contribution >= 4 is 5.91 Å². The van der Waals surface area contributed by atoms with E-state index in [-0.39, 0.29) is 11.7 Å². The maximum Gasteiger partial charge on any atom is 0.222 e. The number of carbonyl (C=O) groups excluding carboxylic acids is 1. The van der Waals surface area contributed by atoms with E-state index in [1.165, 1.54) is 12.0 Å². The first-order chi connectivity index (χ1) is 13.7. The average molecular weight is 379 g/mol. The maximum absolute atomic E-state index is 12.5. The Morgan fingerprint density at radius 3 is 2.46 bits per heavy atom. The lowest BCUT2D eigenvalue weighted by Crippen LogP contribution is -2.41. The third-order valence-electron chi connectivity index (χ3n) is 6.22. The highest BCUT2D eigenvalue weighted by Crippen LogP contribution is 2.40. The second-order valence-electron chi connectivity index (χ2n) is 8.26. The molecule has 0 radical (unpaired) electrons. The summed E-state index contributed by atoms with van der Waals surface area (Å²) in [5.74, 6) is 1.89. The van der Waals surface area contributed by atoms with E-state index >= 15 is 0 Å². The third kappa shape index (κ3) is 4.93. The Hall–Kier alpha value is -2.33. The number of benzene rings is 2. The van der Waals surface area contributed by atoms with Gasteiger partial charge in [0.2, 0.25) is 5.91 Å². The van der Waals surface area contributed by atoms with Gasteiger partial charge < -0.3 is 15.3 Å². The standard InChI is InChI=1S/C24H30N2O2/c27-21-9-6-18(7-10-21)8-11-24(28)26-14-12-19(13-15-26)17-25-23-16-22(23)20-4-2-1-3-5-20/h1-7,9-10,19,22-23,25,27H,8,11-17H2. The number of hydrogen-bond acceptors (Lipinski definition) is 3. The highest BCUT2D eigenvalue weighted by molar-refractivity contribution is 5.76. The molecule has 2 fully saturated rings. The molecule has 148 valence electrons. The van der Waals surface area contributed by atoms with Crippen LogP contribution in [0.25, 0.3) is 0 Å². The maximum atomic E-state index is 12.5. The molecule has 2 N–H and O–H groups in total. The van der Waals surface area contributed by atoms with Crippen LogP contribution in [0.3, 0.4) is 0 Å². The quantitative estimate of drug-likeness (QED) is 0.772. The molecule has 0 aromatic heterocycles. The Morgan fingerprint density at radius 1 is 1.04 bits per heavy atom. The number of nitrogens with zero attached hydrogens (tertiary/aromatic N) is 1. The van der Waals surface area contributed by atoms with Gasteiger partial charge in [0.25, 0.3) is 0 Å². The van der Waals surface area contributed by atoms with Crippen LogP contribution in [0.5, 0.6) is 5.75 Å². The highest BCUT2D eigenvalue weighted by atomic mass is 16.3. The lowest BCUT2D eigenvalue weighted by molar-refractivity contribution is -0.132. The second-order valence-corrected chi connectivity index (χ2v) is 8.26. The molecule has 2 aliphatic rings. The minimum Gasteiger partial charge on any atom is -0.508 e. The number of amides is 1. The topological polar surface area (TPSA) is 52.6 Å². The van der Waals surface area contributed by atoms with Crippen molar-refractivity contribution in [1.82, 2.24) is 10.2 Å². The van der Waals surface area contributed by atoms with Gasteiger partial charge in [0, 0.05) is 31.5 Å². The number of rotatable bonds is 7. The number of likely N-dealkylation sites (tertiary alicyclic amines) is 1. The number of nitrogens with one attached hydrogen (secondary N) is 1. The molecule has 1 aliphatic carbocycles. The van der Waals surface area contributed by atoms with Crippen LogP contribution in [0.1, 0.15) is 42.7 Å².